The number of aromatic nitrogens is 3. The maximum Gasteiger partial charge on any atom is 0.234 e. The minimum atomic E-state index is -0.135. The molecular weight excluding hydrogens is 400 g/mol. The first kappa shape index (κ1) is 21.4. The fourth-order valence-corrected chi connectivity index (χ4v) is 3.55. The molecule has 30 heavy (non-hydrogen) atoms. The maximum atomic E-state index is 12.4. The van der Waals surface area contributed by atoms with Crippen molar-refractivity contribution in [1.82, 2.24) is 14.8 Å². The van der Waals surface area contributed by atoms with E-state index < -0.39 is 0 Å². The first-order chi connectivity index (χ1) is 14.6. The molecule has 3 rings (SSSR count). The third-order valence-electron chi connectivity index (χ3n) is 4.14. The van der Waals surface area contributed by atoms with Gasteiger partial charge in [-0.15, -0.1) is 16.8 Å². The van der Waals surface area contributed by atoms with Crippen LogP contribution in [0.4, 0.5) is 5.69 Å². The number of rotatable bonds is 10. The van der Waals surface area contributed by atoms with Gasteiger partial charge >= 0.3 is 0 Å². The zero-order valence-corrected chi connectivity index (χ0v) is 17.8. The standard InChI is InChI=1S/C22H24N4O3S/c1-4-13-26-21(16-9-11-18(12-10-16)29-5-2)24-25-22(26)30-15-20(27)23-17-7-6-8-19(14-17)28-3/h4,6-12,14H,1,5,13,15H2,2-3H3,(H,23,27). The quantitative estimate of drug-likeness (QED) is 0.387. The van der Waals surface area contributed by atoms with Crippen LogP contribution in [0.5, 0.6) is 11.5 Å². The lowest BCUT2D eigenvalue weighted by atomic mass is 10.2. The van der Waals surface area contributed by atoms with Gasteiger partial charge in [0.25, 0.3) is 0 Å². The van der Waals surface area contributed by atoms with Crippen molar-refractivity contribution >= 4 is 23.4 Å². The lowest BCUT2D eigenvalue weighted by Crippen LogP contribution is -2.14. The predicted molar refractivity (Wildman–Crippen MR) is 119 cm³/mol. The fourth-order valence-electron chi connectivity index (χ4n) is 2.80. The number of thioether (sulfide) groups is 1. The molecule has 0 aliphatic carbocycles. The summed E-state index contributed by atoms with van der Waals surface area (Å²) >= 11 is 1.32. The highest BCUT2D eigenvalue weighted by Crippen LogP contribution is 2.26. The monoisotopic (exact) mass is 424 g/mol. The van der Waals surface area contributed by atoms with E-state index in [2.05, 4.69) is 22.1 Å². The average molecular weight is 425 g/mol. The molecule has 1 N–H and O–H groups in total. The molecule has 0 unspecified atom stereocenters. The van der Waals surface area contributed by atoms with Crippen molar-refractivity contribution < 1.29 is 14.3 Å². The predicted octanol–water partition coefficient (Wildman–Crippen LogP) is 4.27. The minimum Gasteiger partial charge on any atom is -0.497 e. The van der Waals surface area contributed by atoms with Crippen LogP contribution in [0, 0.1) is 0 Å². The molecule has 156 valence electrons. The number of ether oxygens (including phenoxy) is 2. The Morgan fingerprint density at radius 2 is 2.00 bits per heavy atom. The Labute approximate surface area is 180 Å². The molecule has 3 aromatic rings. The Morgan fingerprint density at radius 3 is 2.70 bits per heavy atom. The van der Waals surface area contributed by atoms with Crippen LogP contribution in [0.2, 0.25) is 0 Å². The zero-order chi connectivity index (χ0) is 21.3. The molecule has 1 amide bonds. The molecule has 0 saturated carbocycles. The summed E-state index contributed by atoms with van der Waals surface area (Å²) < 4.78 is 12.6. The van der Waals surface area contributed by atoms with E-state index in [1.165, 1.54) is 11.8 Å². The number of anilines is 1. The molecule has 2 aromatic carbocycles. The first-order valence-electron chi connectivity index (χ1n) is 9.48. The number of nitrogens with zero attached hydrogens (tertiary/aromatic N) is 3. The van der Waals surface area contributed by atoms with Crippen LogP contribution in [0.1, 0.15) is 6.92 Å². The molecule has 0 spiro atoms. The molecular formula is C22H24N4O3S. The van der Waals surface area contributed by atoms with E-state index in [0.717, 1.165) is 11.3 Å². The van der Waals surface area contributed by atoms with Crippen molar-refractivity contribution in [2.45, 2.75) is 18.6 Å². The van der Waals surface area contributed by atoms with Crippen LogP contribution in [-0.2, 0) is 11.3 Å². The van der Waals surface area contributed by atoms with Gasteiger partial charge < -0.3 is 14.8 Å². The summed E-state index contributed by atoms with van der Waals surface area (Å²) in [7, 11) is 1.59. The van der Waals surface area contributed by atoms with Crippen molar-refractivity contribution in [3.8, 4) is 22.9 Å². The van der Waals surface area contributed by atoms with Crippen molar-refractivity contribution in [1.29, 1.82) is 0 Å². The molecule has 0 saturated heterocycles. The van der Waals surface area contributed by atoms with Crippen LogP contribution in [0.15, 0.2) is 66.3 Å². The number of carbonyl (C=O) groups excluding carboxylic acids is 1. The Hall–Kier alpha value is -3.26. The van der Waals surface area contributed by atoms with Gasteiger partial charge in [-0.1, -0.05) is 23.9 Å². The average Bonchev–Trinajstić information content (AvgIpc) is 3.16. The van der Waals surface area contributed by atoms with E-state index in [9.17, 15) is 4.79 Å². The lowest BCUT2D eigenvalue weighted by molar-refractivity contribution is -0.113. The van der Waals surface area contributed by atoms with Crippen molar-refractivity contribution in [3.63, 3.8) is 0 Å². The number of carbonyl (C=O) groups is 1. The van der Waals surface area contributed by atoms with Crippen molar-refractivity contribution in [2.75, 3.05) is 24.8 Å². The van der Waals surface area contributed by atoms with E-state index in [0.29, 0.717) is 35.6 Å². The summed E-state index contributed by atoms with van der Waals surface area (Å²) in [5.74, 6) is 2.28. The Bertz CT molecular complexity index is 1000. The normalized spacial score (nSPS) is 10.5. The summed E-state index contributed by atoms with van der Waals surface area (Å²) in [6, 6.07) is 14.9. The third-order valence-corrected chi connectivity index (χ3v) is 5.10. The number of hydrogen-bond donors (Lipinski definition) is 1. The maximum absolute atomic E-state index is 12.4. The third kappa shape index (κ3) is 5.42. The van der Waals surface area contributed by atoms with Crippen LogP contribution < -0.4 is 14.8 Å². The number of benzene rings is 2. The summed E-state index contributed by atoms with van der Waals surface area (Å²) in [4.78, 5) is 12.4. The molecule has 0 aliphatic rings. The Kier molecular flexibility index (Phi) is 7.51. The van der Waals surface area contributed by atoms with Gasteiger partial charge in [-0.05, 0) is 43.3 Å². The number of allylic oxidation sites excluding steroid dienone is 1. The number of nitrogens with one attached hydrogen (secondary N) is 1. The molecule has 0 radical (unpaired) electrons. The van der Waals surface area contributed by atoms with Gasteiger partial charge in [-0.2, -0.15) is 0 Å². The molecule has 0 atom stereocenters. The van der Waals surface area contributed by atoms with E-state index in [1.807, 2.05) is 54.0 Å². The van der Waals surface area contributed by atoms with Crippen LogP contribution in [-0.4, -0.2) is 40.1 Å². The molecule has 8 heteroatoms. The van der Waals surface area contributed by atoms with Crippen LogP contribution in [0.3, 0.4) is 0 Å². The molecule has 0 aliphatic heterocycles. The van der Waals surface area contributed by atoms with Crippen LogP contribution in [0.25, 0.3) is 11.4 Å². The van der Waals surface area contributed by atoms with E-state index >= 15 is 0 Å². The van der Waals surface area contributed by atoms with E-state index in [4.69, 9.17) is 9.47 Å². The van der Waals surface area contributed by atoms with Crippen LogP contribution >= 0.6 is 11.8 Å². The largest absolute Gasteiger partial charge is 0.497 e. The first-order valence-corrected chi connectivity index (χ1v) is 10.5. The lowest BCUT2D eigenvalue weighted by Gasteiger charge is -2.09. The zero-order valence-electron chi connectivity index (χ0n) is 17.0. The summed E-state index contributed by atoms with van der Waals surface area (Å²) in [5, 5.41) is 12.1. The van der Waals surface area contributed by atoms with Crippen molar-refractivity contribution in [2.24, 2.45) is 0 Å². The van der Waals surface area contributed by atoms with Gasteiger partial charge in [0.2, 0.25) is 5.91 Å². The number of methoxy groups -OCH3 is 1. The van der Waals surface area contributed by atoms with Gasteiger partial charge in [0.05, 0.1) is 19.5 Å². The van der Waals surface area contributed by atoms with Gasteiger partial charge in [-0.25, -0.2) is 0 Å². The summed E-state index contributed by atoms with van der Waals surface area (Å²) in [5.41, 5.74) is 1.60. The summed E-state index contributed by atoms with van der Waals surface area (Å²) in [6.07, 6.45) is 1.78. The van der Waals surface area contributed by atoms with Crippen molar-refractivity contribution in [3.05, 3.63) is 61.2 Å². The second kappa shape index (κ2) is 10.5. The van der Waals surface area contributed by atoms with Gasteiger partial charge in [-0.3, -0.25) is 9.36 Å². The molecule has 1 aromatic heterocycles. The molecule has 1 heterocycles. The summed E-state index contributed by atoms with van der Waals surface area (Å²) in [6.45, 7) is 6.92. The minimum absolute atomic E-state index is 0.135. The Balaban J connectivity index is 1.69. The van der Waals surface area contributed by atoms with Gasteiger partial charge in [0, 0.05) is 23.9 Å². The van der Waals surface area contributed by atoms with Gasteiger partial charge in [0.1, 0.15) is 11.5 Å². The number of amides is 1. The second-order valence-electron chi connectivity index (χ2n) is 6.23. The smallest absolute Gasteiger partial charge is 0.234 e. The Morgan fingerprint density at radius 1 is 1.20 bits per heavy atom. The highest BCUT2D eigenvalue weighted by atomic mass is 32.2. The number of hydrogen-bond acceptors (Lipinski definition) is 6. The highest BCUT2D eigenvalue weighted by molar-refractivity contribution is 7.99. The van der Waals surface area contributed by atoms with Gasteiger partial charge in [0.15, 0.2) is 11.0 Å². The highest BCUT2D eigenvalue weighted by Gasteiger charge is 2.15. The second-order valence-corrected chi connectivity index (χ2v) is 7.17. The SMILES string of the molecule is C=CCn1c(SCC(=O)Nc2cccc(OC)c2)nnc1-c1ccc(OCC)cc1. The van der Waals surface area contributed by atoms with E-state index in [-0.39, 0.29) is 11.7 Å². The molecule has 0 fully saturated rings. The fraction of sp³-hybridized carbons (Fsp3) is 0.227. The molecule has 0 bridgehead atoms. The van der Waals surface area contributed by atoms with E-state index in [1.54, 1.807) is 19.3 Å². The topological polar surface area (TPSA) is 78.3 Å². The molecule has 7 nitrogen and oxygen atoms in total.